The van der Waals surface area contributed by atoms with Crippen molar-refractivity contribution in [3.8, 4) is 11.3 Å². The van der Waals surface area contributed by atoms with Crippen LogP contribution in [0.2, 0.25) is 0 Å². The van der Waals surface area contributed by atoms with Gasteiger partial charge in [0.1, 0.15) is 5.76 Å². The average Bonchev–Trinajstić information content (AvgIpc) is 3.24. The van der Waals surface area contributed by atoms with Crippen LogP contribution in [-0.2, 0) is 6.54 Å². The van der Waals surface area contributed by atoms with Gasteiger partial charge in [0.05, 0.1) is 6.26 Å². The van der Waals surface area contributed by atoms with Crippen LogP contribution in [0.15, 0.2) is 59.2 Å². The first-order valence-electron chi connectivity index (χ1n) is 9.11. The number of primary amides is 1. The minimum Gasteiger partial charge on any atom is -0.464 e. The van der Waals surface area contributed by atoms with Crippen LogP contribution in [-0.4, -0.2) is 10.5 Å². The predicted molar refractivity (Wildman–Crippen MR) is 103 cm³/mol. The molecule has 0 unspecified atom stereocenters. The maximum absolute atomic E-state index is 12.0. The van der Waals surface area contributed by atoms with E-state index in [1.807, 2.05) is 30.3 Å². The summed E-state index contributed by atoms with van der Waals surface area (Å²) < 4.78 is 7.93. The SMILES string of the molecule is NC(=O)c1cccc2c1c1ccc(-c3ccco3)cc1n2CC1CCC1. The fourth-order valence-corrected chi connectivity index (χ4v) is 4.08. The number of hydrogen-bond acceptors (Lipinski definition) is 2. The Kier molecular flexibility index (Phi) is 3.38. The third-order valence-electron chi connectivity index (χ3n) is 5.63. The molecule has 1 amide bonds. The molecule has 0 radical (unpaired) electrons. The number of rotatable bonds is 4. The molecule has 2 N–H and O–H groups in total. The summed E-state index contributed by atoms with van der Waals surface area (Å²) in [7, 11) is 0. The van der Waals surface area contributed by atoms with Gasteiger partial charge in [-0.05, 0) is 49.1 Å². The Hall–Kier alpha value is -3.01. The van der Waals surface area contributed by atoms with E-state index in [1.54, 1.807) is 6.26 Å². The van der Waals surface area contributed by atoms with E-state index in [1.165, 1.54) is 19.3 Å². The molecule has 2 aromatic heterocycles. The predicted octanol–water partition coefficient (Wildman–Crippen LogP) is 4.95. The minimum atomic E-state index is -0.381. The number of hydrogen-bond donors (Lipinski definition) is 1. The Morgan fingerprint density at radius 3 is 2.69 bits per heavy atom. The monoisotopic (exact) mass is 344 g/mol. The van der Waals surface area contributed by atoms with Gasteiger partial charge < -0.3 is 14.7 Å². The van der Waals surface area contributed by atoms with Gasteiger partial charge in [-0.15, -0.1) is 0 Å². The van der Waals surface area contributed by atoms with E-state index >= 15 is 0 Å². The number of nitrogens with zero attached hydrogens (tertiary/aromatic N) is 1. The van der Waals surface area contributed by atoms with Gasteiger partial charge in [0.2, 0.25) is 5.91 Å². The molecule has 1 aliphatic carbocycles. The van der Waals surface area contributed by atoms with Crippen LogP contribution >= 0.6 is 0 Å². The molecule has 4 nitrogen and oxygen atoms in total. The van der Waals surface area contributed by atoms with Crippen molar-refractivity contribution < 1.29 is 9.21 Å². The summed E-state index contributed by atoms with van der Waals surface area (Å²) in [5, 5.41) is 2.03. The summed E-state index contributed by atoms with van der Waals surface area (Å²) in [6.45, 7) is 0.976. The number of carbonyl (C=O) groups is 1. The topological polar surface area (TPSA) is 61.2 Å². The van der Waals surface area contributed by atoms with E-state index in [0.717, 1.165) is 39.7 Å². The summed E-state index contributed by atoms with van der Waals surface area (Å²) in [4.78, 5) is 12.0. The highest BCUT2D eigenvalue weighted by molar-refractivity contribution is 6.18. The molecule has 0 bridgehead atoms. The van der Waals surface area contributed by atoms with Crippen molar-refractivity contribution in [1.29, 1.82) is 0 Å². The lowest BCUT2D eigenvalue weighted by Gasteiger charge is -2.26. The first-order chi connectivity index (χ1) is 12.7. The summed E-state index contributed by atoms with van der Waals surface area (Å²) in [5.41, 5.74) is 9.51. The smallest absolute Gasteiger partial charge is 0.249 e. The summed E-state index contributed by atoms with van der Waals surface area (Å²) in [5.74, 6) is 1.18. The van der Waals surface area contributed by atoms with E-state index in [4.69, 9.17) is 10.2 Å². The molecule has 4 aromatic rings. The number of carbonyl (C=O) groups excluding carboxylic acids is 1. The lowest BCUT2D eigenvalue weighted by atomic mass is 9.85. The van der Waals surface area contributed by atoms with Crippen molar-refractivity contribution in [2.75, 3.05) is 0 Å². The van der Waals surface area contributed by atoms with Crippen LogP contribution in [0.5, 0.6) is 0 Å². The molecule has 1 saturated carbocycles. The van der Waals surface area contributed by atoms with Gasteiger partial charge >= 0.3 is 0 Å². The zero-order valence-corrected chi connectivity index (χ0v) is 14.4. The number of nitrogens with two attached hydrogens (primary N) is 1. The molecule has 130 valence electrons. The molecule has 0 atom stereocenters. The summed E-state index contributed by atoms with van der Waals surface area (Å²) >= 11 is 0. The largest absolute Gasteiger partial charge is 0.464 e. The second-order valence-corrected chi connectivity index (χ2v) is 7.18. The van der Waals surface area contributed by atoms with Gasteiger partial charge in [0.25, 0.3) is 0 Å². The Balaban J connectivity index is 1.81. The lowest BCUT2D eigenvalue weighted by Crippen LogP contribution is -2.18. The highest BCUT2D eigenvalue weighted by Crippen LogP contribution is 2.37. The normalized spacial score (nSPS) is 14.8. The Bertz CT molecular complexity index is 1120. The summed E-state index contributed by atoms with van der Waals surface area (Å²) in [6, 6.07) is 16.0. The third-order valence-corrected chi connectivity index (χ3v) is 5.63. The first kappa shape index (κ1) is 15.3. The standard InChI is InChI=1S/C22H20N2O2/c23-22(25)17-6-2-7-18-21(17)16-10-9-15(20-8-3-11-26-20)12-19(16)24(18)13-14-4-1-5-14/h2-3,6-12,14H,1,4-5,13H2,(H2,23,25). The summed E-state index contributed by atoms with van der Waals surface area (Å²) in [6.07, 6.45) is 5.55. The third kappa shape index (κ3) is 2.25. The van der Waals surface area contributed by atoms with E-state index in [9.17, 15) is 4.79 Å². The van der Waals surface area contributed by atoms with Gasteiger partial charge in [-0.2, -0.15) is 0 Å². The second kappa shape index (κ2) is 5.77. The molecular weight excluding hydrogens is 324 g/mol. The highest BCUT2D eigenvalue weighted by atomic mass is 16.3. The molecular formula is C22H20N2O2. The number of aromatic nitrogens is 1. The minimum absolute atomic E-state index is 0.381. The molecule has 1 aliphatic rings. The fourth-order valence-electron chi connectivity index (χ4n) is 4.08. The molecule has 0 spiro atoms. The van der Waals surface area contributed by atoms with E-state index in [-0.39, 0.29) is 5.91 Å². The van der Waals surface area contributed by atoms with Crippen LogP contribution in [0, 0.1) is 5.92 Å². The van der Waals surface area contributed by atoms with Gasteiger partial charge in [0, 0.05) is 39.5 Å². The molecule has 5 rings (SSSR count). The maximum atomic E-state index is 12.0. The van der Waals surface area contributed by atoms with Crippen molar-refractivity contribution >= 4 is 27.7 Å². The van der Waals surface area contributed by atoms with Crippen molar-refractivity contribution in [3.63, 3.8) is 0 Å². The van der Waals surface area contributed by atoms with Gasteiger partial charge in [-0.25, -0.2) is 0 Å². The zero-order chi connectivity index (χ0) is 17.7. The molecule has 0 aliphatic heterocycles. The Labute approximate surface area is 151 Å². The first-order valence-corrected chi connectivity index (χ1v) is 9.11. The van der Waals surface area contributed by atoms with Crippen molar-refractivity contribution in [3.05, 3.63) is 60.4 Å². The van der Waals surface area contributed by atoms with Crippen LogP contribution in [0.1, 0.15) is 29.6 Å². The number of benzene rings is 2. The van der Waals surface area contributed by atoms with E-state index < -0.39 is 0 Å². The van der Waals surface area contributed by atoms with Crippen molar-refractivity contribution in [2.24, 2.45) is 11.7 Å². The molecule has 2 aromatic carbocycles. The average molecular weight is 344 g/mol. The van der Waals surface area contributed by atoms with Crippen LogP contribution < -0.4 is 5.73 Å². The zero-order valence-electron chi connectivity index (χ0n) is 14.4. The molecule has 2 heterocycles. The number of amides is 1. The van der Waals surface area contributed by atoms with E-state index in [0.29, 0.717) is 11.5 Å². The lowest BCUT2D eigenvalue weighted by molar-refractivity contribution is 0.100. The maximum Gasteiger partial charge on any atom is 0.249 e. The highest BCUT2D eigenvalue weighted by Gasteiger charge is 2.22. The van der Waals surface area contributed by atoms with Crippen molar-refractivity contribution in [1.82, 2.24) is 4.57 Å². The molecule has 1 fully saturated rings. The number of furan rings is 1. The van der Waals surface area contributed by atoms with Crippen molar-refractivity contribution in [2.45, 2.75) is 25.8 Å². The molecule has 26 heavy (non-hydrogen) atoms. The van der Waals surface area contributed by atoms with Gasteiger partial charge in [-0.1, -0.05) is 24.6 Å². The van der Waals surface area contributed by atoms with Gasteiger partial charge in [-0.3, -0.25) is 4.79 Å². The Morgan fingerprint density at radius 2 is 2.00 bits per heavy atom. The van der Waals surface area contributed by atoms with Crippen LogP contribution in [0.25, 0.3) is 33.1 Å². The fraction of sp³-hybridized carbons (Fsp3) is 0.227. The quantitative estimate of drug-likeness (QED) is 0.569. The van der Waals surface area contributed by atoms with Crippen LogP contribution in [0.4, 0.5) is 0 Å². The molecule has 4 heteroatoms. The van der Waals surface area contributed by atoms with Crippen LogP contribution in [0.3, 0.4) is 0 Å². The Morgan fingerprint density at radius 1 is 1.12 bits per heavy atom. The second-order valence-electron chi connectivity index (χ2n) is 7.18. The van der Waals surface area contributed by atoms with Gasteiger partial charge in [0.15, 0.2) is 0 Å². The molecule has 0 saturated heterocycles. The van der Waals surface area contributed by atoms with E-state index in [2.05, 4.69) is 22.8 Å². The number of fused-ring (bicyclic) bond motifs is 3.